The summed E-state index contributed by atoms with van der Waals surface area (Å²) < 4.78 is 13.6. The zero-order valence-corrected chi connectivity index (χ0v) is 13.5. The van der Waals surface area contributed by atoms with Crippen LogP contribution in [0.4, 0.5) is 9.18 Å². The number of imide groups is 1. The minimum atomic E-state index is -1.11. The number of aryl methyl sites for hydroxylation is 1. The molecule has 3 N–H and O–H groups in total. The number of rotatable bonds is 6. The van der Waals surface area contributed by atoms with Crippen LogP contribution in [-0.2, 0) is 16.0 Å². The Balaban J connectivity index is 2.10. The van der Waals surface area contributed by atoms with Gasteiger partial charge in [0.2, 0.25) is 0 Å². The predicted octanol–water partition coefficient (Wildman–Crippen LogP) is 1.21. The van der Waals surface area contributed by atoms with Gasteiger partial charge < -0.3 is 5.32 Å². The molecule has 0 spiro atoms. The Morgan fingerprint density at radius 3 is 2.62 bits per heavy atom. The van der Waals surface area contributed by atoms with E-state index in [1.165, 1.54) is 11.5 Å². The van der Waals surface area contributed by atoms with Crippen LogP contribution in [0.5, 0.6) is 0 Å². The highest BCUT2D eigenvalue weighted by atomic mass is 19.1. The van der Waals surface area contributed by atoms with Gasteiger partial charge in [0.05, 0.1) is 0 Å². The van der Waals surface area contributed by atoms with Crippen molar-refractivity contribution in [3.8, 4) is 0 Å². The summed E-state index contributed by atoms with van der Waals surface area (Å²) in [6.07, 6.45) is 0.489. The van der Waals surface area contributed by atoms with Gasteiger partial charge in [-0.2, -0.15) is 0 Å². The maximum absolute atomic E-state index is 13.6. The third-order valence-corrected chi connectivity index (χ3v) is 4.00. The van der Waals surface area contributed by atoms with Crippen LogP contribution >= 0.6 is 0 Å². The van der Waals surface area contributed by atoms with E-state index in [0.717, 1.165) is 4.90 Å². The van der Waals surface area contributed by atoms with Crippen molar-refractivity contribution >= 4 is 17.8 Å². The largest absolute Gasteiger partial charge is 0.326 e. The first-order chi connectivity index (χ1) is 11.4. The van der Waals surface area contributed by atoms with Crippen molar-refractivity contribution < 1.29 is 24.0 Å². The summed E-state index contributed by atoms with van der Waals surface area (Å²) in [7, 11) is 0. The molecule has 8 heteroatoms. The van der Waals surface area contributed by atoms with E-state index in [4.69, 9.17) is 5.21 Å². The van der Waals surface area contributed by atoms with Crippen LogP contribution in [0.3, 0.4) is 0 Å². The quantitative estimate of drug-likeness (QED) is 0.413. The zero-order valence-electron chi connectivity index (χ0n) is 13.5. The molecule has 7 nitrogen and oxygen atoms in total. The van der Waals surface area contributed by atoms with Crippen molar-refractivity contribution in [1.82, 2.24) is 15.7 Å². The number of hydrogen-bond donors (Lipinski definition) is 3. The molecule has 2 rings (SSSR count). The minimum absolute atomic E-state index is 0.216. The van der Waals surface area contributed by atoms with Gasteiger partial charge in [0.25, 0.3) is 11.8 Å². The number of urea groups is 1. The highest BCUT2D eigenvalue weighted by Crippen LogP contribution is 2.20. The molecule has 1 aliphatic rings. The summed E-state index contributed by atoms with van der Waals surface area (Å²) in [6, 6.07) is 3.58. The molecule has 1 fully saturated rings. The molecule has 0 unspecified atom stereocenters. The lowest BCUT2D eigenvalue weighted by Crippen LogP contribution is -2.52. The van der Waals surface area contributed by atoms with E-state index in [-0.39, 0.29) is 24.6 Å². The van der Waals surface area contributed by atoms with Crippen molar-refractivity contribution in [3.63, 3.8) is 0 Å². The van der Waals surface area contributed by atoms with Crippen LogP contribution in [0.2, 0.25) is 0 Å². The fourth-order valence-corrected chi connectivity index (χ4v) is 2.79. The molecule has 0 saturated carbocycles. The Bertz CT molecular complexity index is 650. The first-order valence-electron chi connectivity index (χ1n) is 7.67. The van der Waals surface area contributed by atoms with Crippen molar-refractivity contribution in [2.24, 2.45) is 5.92 Å². The second-order valence-corrected chi connectivity index (χ2v) is 6.01. The fraction of sp³-hybridized carbons (Fsp3) is 0.438. The summed E-state index contributed by atoms with van der Waals surface area (Å²) in [5, 5.41) is 11.3. The average molecular weight is 337 g/mol. The molecule has 130 valence electrons. The number of nitrogens with one attached hydrogen (secondary N) is 2. The molecule has 0 radical (unpaired) electrons. The number of carbonyl (C=O) groups is 3. The van der Waals surface area contributed by atoms with E-state index in [0.29, 0.717) is 5.56 Å². The third-order valence-electron chi connectivity index (χ3n) is 4.00. The molecule has 1 aliphatic heterocycles. The lowest BCUT2D eigenvalue weighted by molar-refractivity contribution is -0.142. The van der Waals surface area contributed by atoms with E-state index in [1.807, 2.05) is 0 Å². The van der Waals surface area contributed by atoms with Gasteiger partial charge in [-0.1, -0.05) is 32.0 Å². The Labute approximate surface area is 138 Å². The highest BCUT2D eigenvalue weighted by Gasteiger charge is 2.45. The maximum atomic E-state index is 13.6. The predicted molar refractivity (Wildman–Crippen MR) is 82.4 cm³/mol. The molecule has 1 saturated heterocycles. The number of hydrogen-bond acceptors (Lipinski definition) is 4. The topological polar surface area (TPSA) is 98.7 Å². The van der Waals surface area contributed by atoms with Crippen LogP contribution in [0.1, 0.15) is 25.8 Å². The molecule has 1 heterocycles. The normalized spacial score (nSPS) is 18.7. The molecule has 24 heavy (non-hydrogen) atoms. The Morgan fingerprint density at radius 2 is 2.04 bits per heavy atom. The SMILES string of the molecule is CC(C)[C@H](C(=O)NO)N1C(=O)N[C@@H](CCc2ccccc2F)C1=O. The van der Waals surface area contributed by atoms with Gasteiger partial charge in [0, 0.05) is 0 Å². The van der Waals surface area contributed by atoms with E-state index >= 15 is 0 Å². The maximum Gasteiger partial charge on any atom is 0.325 e. The molecular weight excluding hydrogens is 317 g/mol. The highest BCUT2D eigenvalue weighted by molar-refractivity contribution is 6.07. The number of hydroxylamine groups is 1. The van der Waals surface area contributed by atoms with Gasteiger partial charge in [-0.25, -0.2) is 19.6 Å². The summed E-state index contributed by atoms with van der Waals surface area (Å²) in [4.78, 5) is 37.2. The number of carbonyl (C=O) groups excluding carboxylic acids is 3. The summed E-state index contributed by atoms with van der Waals surface area (Å²) in [5.41, 5.74) is 1.93. The van der Waals surface area contributed by atoms with Crippen LogP contribution < -0.4 is 10.8 Å². The number of nitrogens with zero attached hydrogens (tertiary/aromatic N) is 1. The van der Waals surface area contributed by atoms with Crippen LogP contribution in [0.15, 0.2) is 24.3 Å². The van der Waals surface area contributed by atoms with E-state index < -0.39 is 29.9 Å². The molecule has 2 atom stereocenters. The van der Waals surface area contributed by atoms with Gasteiger partial charge in [-0.15, -0.1) is 0 Å². The monoisotopic (exact) mass is 337 g/mol. The Morgan fingerprint density at radius 1 is 1.38 bits per heavy atom. The minimum Gasteiger partial charge on any atom is -0.326 e. The summed E-state index contributed by atoms with van der Waals surface area (Å²) in [6.45, 7) is 3.32. The molecule has 1 aromatic rings. The molecule has 0 aromatic heterocycles. The summed E-state index contributed by atoms with van der Waals surface area (Å²) >= 11 is 0. The lowest BCUT2D eigenvalue weighted by atomic mass is 10.0. The molecule has 4 amide bonds. The molecule has 1 aromatic carbocycles. The van der Waals surface area contributed by atoms with Gasteiger partial charge in [0.1, 0.15) is 17.9 Å². The van der Waals surface area contributed by atoms with E-state index in [9.17, 15) is 18.8 Å². The summed E-state index contributed by atoms with van der Waals surface area (Å²) in [5.74, 6) is -2.13. The first-order valence-corrected chi connectivity index (χ1v) is 7.67. The van der Waals surface area contributed by atoms with Gasteiger partial charge in [-0.3, -0.25) is 14.8 Å². The second-order valence-electron chi connectivity index (χ2n) is 6.01. The third kappa shape index (κ3) is 3.53. The lowest BCUT2D eigenvalue weighted by Gasteiger charge is -2.26. The van der Waals surface area contributed by atoms with Crippen LogP contribution in [0, 0.1) is 11.7 Å². The number of benzene rings is 1. The standard InChI is InChI=1S/C16H20FN3O4/c1-9(2)13(14(21)19-24)20-15(22)12(18-16(20)23)8-7-10-5-3-4-6-11(10)17/h3-6,9,12-13,24H,7-8H2,1-2H3,(H,18,23)(H,19,21)/t12-,13+/m0/s1. The number of amides is 4. The van der Waals surface area contributed by atoms with Crippen molar-refractivity contribution in [2.45, 2.75) is 38.8 Å². The molecule has 0 bridgehead atoms. The van der Waals surface area contributed by atoms with Gasteiger partial charge in [-0.05, 0) is 30.4 Å². The van der Waals surface area contributed by atoms with Crippen LogP contribution in [0.25, 0.3) is 0 Å². The second kappa shape index (κ2) is 7.39. The smallest absolute Gasteiger partial charge is 0.325 e. The molecular formula is C16H20FN3O4. The average Bonchev–Trinajstić information content (AvgIpc) is 2.81. The zero-order chi connectivity index (χ0) is 17.9. The first kappa shape index (κ1) is 17.9. The van der Waals surface area contributed by atoms with E-state index in [1.54, 1.807) is 32.0 Å². The van der Waals surface area contributed by atoms with Gasteiger partial charge in [0.15, 0.2) is 0 Å². The fourth-order valence-electron chi connectivity index (χ4n) is 2.79. The van der Waals surface area contributed by atoms with Crippen molar-refractivity contribution in [1.29, 1.82) is 0 Å². The van der Waals surface area contributed by atoms with Gasteiger partial charge >= 0.3 is 6.03 Å². The van der Waals surface area contributed by atoms with Crippen molar-refractivity contribution in [2.75, 3.05) is 0 Å². The van der Waals surface area contributed by atoms with E-state index in [2.05, 4.69) is 5.32 Å². The van der Waals surface area contributed by atoms with Crippen molar-refractivity contribution in [3.05, 3.63) is 35.6 Å². The van der Waals surface area contributed by atoms with Crippen LogP contribution in [-0.4, -0.2) is 40.0 Å². The Hall–Kier alpha value is -2.48. The number of halogens is 1. The molecule has 0 aliphatic carbocycles. The Kier molecular flexibility index (Phi) is 5.50.